The van der Waals surface area contributed by atoms with Gasteiger partial charge in [-0.3, -0.25) is 0 Å². The summed E-state index contributed by atoms with van der Waals surface area (Å²) < 4.78 is 38.9. The van der Waals surface area contributed by atoms with Crippen LogP contribution in [0.5, 0.6) is 11.5 Å². The second-order valence-corrected chi connectivity index (χ2v) is 8.91. The molecule has 0 fully saturated rings. The molecule has 8 heteroatoms. The van der Waals surface area contributed by atoms with E-state index in [-0.39, 0.29) is 20.9 Å². The number of hydrogen-bond acceptors (Lipinski definition) is 4. The minimum Gasteiger partial charge on any atom is -0.497 e. The highest BCUT2D eigenvalue weighted by Crippen LogP contribution is 2.37. The van der Waals surface area contributed by atoms with E-state index in [4.69, 9.17) is 32.7 Å². The molecule has 2 aromatic rings. The number of hydrogen-bond donors (Lipinski definition) is 1. The zero-order chi connectivity index (χ0) is 20.2. The van der Waals surface area contributed by atoms with Crippen molar-refractivity contribution in [3.8, 4) is 11.5 Å². The number of rotatable bonds is 8. The lowest BCUT2D eigenvalue weighted by Gasteiger charge is -2.22. The van der Waals surface area contributed by atoms with Crippen LogP contribution in [0.25, 0.3) is 0 Å². The van der Waals surface area contributed by atoms with E-state index < -0.39 is 16.1 Å². The van der Waals surface area contributed by atoms with Gasteiger partial charge in [0.15, 0.2) is 0 Å². The van der Waals surface area contributed by atoms with Crippen molar-refractivity contribution in [3.05, 3.63) is 52.0 Å². The average molecular weight is 432 g/mol. The summed E-state index contributed by atoms with van der Waals surface area (Å²) in [5.41, 5.74) is 0.837. The van der Waals surface area contributed by atoms with E-state index in [1.165, 1.54) is 19.2 Å². The number of sulfonamides is 1. The number of ether oxygens (including phenoxy) is 2. The fourth-order valence-electron chi connectivity index (χ4n) is 2.69. The molecule has 1 atom stereocenters. The Hall–Kier alpha value is -1.47. The van der Waals surface area contributed by atoms with Gasteiger partial charge in [0.05, 0.1) is 19.2 Å². The van der Waals surface area contributed by atoms with Crippen molar-refractivity contribution in [2.45, 2.75) is 31.2 Å². The summed E-state index contributed by atoms with van der Waals surface area (Å²) in [7, 11) is -0.881. The van der Waals surface area contributed by atoms with Gasteiger partial charge in [0.25, 0.3) is 0 Å². The second kappa shape index (κ2) is 9.15. The molecule has 27 heavy (non-hydrogen) atoms. The van der Waals surface area contributed by atoms with Gasteiger partial charge in [-0.25, -0.2) is 13.1 Å². The Morgan fingerprint density at radius 3 is 2.11 bits per heavy atom. The third-order valence-electron chi connectivity index (χ3n) is 4.04. The first-order chi connectivity index (χ1) is 12.7. The minimum atomic E-state index is -3.90. The lowest BCUT2D eigenvalue weighted by molar-refractivity contribution is 0.414. The van der Waals surface area contributed by atoms with E-state index in [0.717, 1.165) is 5.56 Å². The van der Waals surface area contributed by atoms with Gasteiger partial charge >= 0.3 is 0 Å². The summed E-state index contributed by atoms with van der Waals surface area (Å²) in [6.07, 6.45) is 0.618. The maximum Gasteiger partial charge on any atom is 0.242 e. The van der Waals surface area contributed by atoms with Crippen LogP contribution < -0.4 is 14.2 Å². The van der Waals surface area contributed by atoms with Gasteiger partial charge in [-0.05, 0) is 42.2 Å². The van der Waals surface area contributed by atoms with Crippen LogP contribution in [-0.2, 0) is 10.0 Å². The van der Waals surface area contributed by atoms with Gasteiger partial charge < -0.3 is 9.47 Å². The summed E-state index contributed by atoms with van der Waals surface area (Å²) in [6, 6.07) is 9.73. The van der Waals surface area contributed by atoms with Crippen LogP contribution in [0.4, 0.5) is 0 Å². The summed E-state index contributed by atoms with van der Waals surface area (Å²) in [4.78, 5) is -0.0859. The normalized spacial score (nSPS) is 12.9. The van der Waals surface area contributed by atoms with Crippen LogP contribution in [0.1, 0.15) is 31.9 Å². The van der Waals surface area contributed by atoms with Crippen LogP contribution in [0.2, 0.25) is 10.0 Å². The number of benzene rings is 2. The molecule has 0 amide bonds. The zero-order valence-corrected chi connectivity index (χ0v) is 18.0. The van der Waals surface area contributed by atoms with E-state index in [1.54, 1.807) is 19.2 Å². The molecule has 2 aromatic carbocycles. The first kappa shape index (κ1) is 21.8. The molecule has 0 radical (unpaired) electrons. The smallest absolute Gasteiger partial charge is 0.242 e. The number of halogens is 2. The molecular formula is C19H23Cl2NO4S. The standard InChI is InChI=1S/C19H23Cl2NO4S/c1-12(2)11-15(13-5-7-14(25-3)8-6-13)22-27(23,24)17-10-9-16(26-4)18(20)19(17)21/h5-10,12,15,22H,11H2,1-4H3/t15-/m1/s1. The highest BCUT2D eigenvalue weighted by Gasteiger charge is 2.26. The van der Waals surface area contributed by atoms with Gasteiger partial charge in [-0.2, -0.15) is 0 Å². The van der Waals surface area contributed by atoms with E-state index in [1.807, 2.05) is 26.0 Å². The van der Waals surface area contributed by atoms with Crippen molar-refractivity contribution < 1.29 is 17.9 Å². The van der Waals surface area contributed by atoms with E-state index in [2.05, 4.69) is 4.72 Å². The van der Waals surface area contributed by atoms with Crippen molar-refractivity contribution >= 4 is 33.2 Å². The molecule has 1 N–H and O–H groups in total. The molecule has 0 saturated heterocycles. The fraction of sp³-hybridized carbons (Fsp3) is 0.368. The van der Waals surface area contributed by atoms with Gasteiger partial charge in [-0.1, -0.05) is 49.2 Å². The third-order valence-corrected chi connectivity index (χ3v) is 6.53. The number of methoxy groups -OCH3 is 2. The molecule has 0 aromatic heterocycles. The molecule has 0 heterocycles. The quantitative estimate of drug-likeness (QED) is 0.632. The van der Waals surface area contributed by atoms with Crippen LogP contribution in [0.3, 0.4) is 0 Å². The van der Waals surface area contributed by atoms with Crippen molar-refractivity contribution in [2.75, 3.05) is 14.2 Å². The highest BCUT2D eigenvalue weighted by atomic mass is 35.5. The molecule has 5 nitrogen and oxygen atoms in total. The van der Waals surface area contributed by atoms with Gasteiger partial charge in [0.2, 0.25) is 10.0 Å². The van der Waals surface area contributed by atoms with Crippen molar-refractivity contribution in [1.82, 2.24) is 4.72 Å². The molecule has 2 rings (SSSR count). The average Bonchev–Trinajstić information content (AvgIpc) is 2.62. The topological polar surface area (TPSA) is 64.6 Å². The predicted octanol–water partition coefficient (Wildman–Crippen LogP) is 5.08. The molecule has 0 unspecified atom stereocenters. The molecule has 148 valence electrons. The van der Waals surface area contributed by atoms with Crippen LogP contribution in [0, 0.1) is 5.92 Å². The summed E-state index contributed by atoms with van der Waals surface area (Å²) in [6.45, 7) is 4.06. The Kier molecular flexibility index (Phi) is 7.40. The van der Waals surface area contributed by atoms with Crippen LogP contribution >= 0.6 is 23.2 Å². The number of nitrogens with one attached hydrogen (secondary N) is 1. The molecular weight excluding hydrogens is 409 g/mol. The van der Waals surface area contributed by atoms with E-state index in [0.29, 0.717) is 17.9 Å². The second-order valence-electron chi connectivity index (χ2n) is 6.47. The Balaban J connectivity index is 2.39. The lowest BCUT2D eigenvalue weighted by atomic mass is 9.98. The molecule has 0 aliphatic heterocycles. The van der Waals surface area contributed by atoms with Crippen molar-refractivity contribution in [3.63, 3.8) is 0 Å². The summed E-state index contributed by atoms with van der Waals surface area (Å²) >= 11 is 12.3. The SMILES string of the molecule is COc1ccc([C@@H](CC(C)C)NS(=O)(=O)c2ccc(OC)c(Cl)c2Cl)cc1. The lowest BCUT2D eigenvalue weighted by Crippen LogP contribution is -2.30. The largest absolute Gasteiger partial charge is 0.497 e. The summed E-state index contributed by atoms with van der Waals surface area (Å²) in [5.74, 6) is 1.29. The van der Waals surface area contributed by atoms with Crippen LogP contribution in [0.15, 0.2) is 41.3 Å². The molecule has 0 spiro atoms. The Morgan fingerprint density at radius 2 is 1.59 bits per heavy atom. The third kappa shape index (κ3) is 5.29. The molecule has 0 aliphatic rings. The maximum absolute atomic E-state index is 13.0. The van der Waals surface area contributed by atoms with Gasteiger partial charge in [0.1, 0.15) is 21.4 Å². The Morgan fingerprint density at radius 1 is 0.963 bits per heavy atom. The highest BCUT2D eigenvalue weighted by molar-refractivity contribution is 7.89. The monoisotopic (exact) mass is 431 g/mol. The van der Waals surface area contributed by atoms with Gasteiger partial charge in [0, 0.05) is 6.04 Å². The Bertz CT molecular complexity index is 883. The fourth-order valence-corrected chi connectivity index (χ4v) is 4.77. The first-order valence-corrected chi connectivity index (χ1v) is 10.6. The minimum absolute atomic E-state index is 0.0619. The molecule has 0 aliphatic carbocycles. The van der Waals surface area contributed by atoms with E-state index >= 15 is 0 Å². The van der Waals surface area contributed by atoms with Gasteiger partial charge in [-0.15, -0.1) is 0 Å². The Labute approximate surface area is 170 Å². The maximum atomic E-state index is 13.0. The first-order valence-electron chi connectivity index (χ1n) is 8.37. The summed E-state index contributed by atoms with van der Waals surface area (Å²) in [5, 5.41) is -0.00607. The zero-order valence-electron chi connectivity index (χ0n) is 15.6. The van der Waals surface area contributed by atoms with E-state index in [9.17, 15) is 8.42 Å². The predicted molar refractivity (Wildman–Crippen MR) is 109 cm³/mol. The molecule has 0 bridgehead atoms. The van der Waals surface area contributed by atoms with Crippen molar-refractivity contribution in [2.24, 2.45) is 5.92 Å². The van der Waals surface area contributed by atoms with Crippen molar-refractivity contribution in [1.29, 1.82) is 0 Å². The molecule has 0 saturated carbocycles. The van der Waals surface area contributed by atoms with Crippen LogP contribution in [-0.4, -0.2) is 22.6 Å².